The molecule has 5 nitrogen and oxygen atoms in total. The Morgan fingerprint density at radius 3 is 2.60 bits per heavy atom. The summed E-state index contributed by atoms with van der Waals surface area (Å²) in [7, 11) is 0. The number of aromatic carboxylic acids is 1. The van der Waals surface area contributed by atoms with Gasteiger partial charge >= 0.3 is 5.97 Å². The largest absolute Gasteiger partial charge is 0.502 e. The number of aromatic nitrogens is 1. The van der Waals surface area contributed by atoms with E-state index in [9.17, 15) is 14.7 Å². The molecule has 0 saturated heterocycles. The van der Waals surface area contributed by atoms with Gasteiger partial charge in [0.05, 0.1) is 5.52 Å². The number of rotatable bonds is 1. The van der Waals surface area contributed by atoms with Crippen LogP contribution in [0.15, 0.2) is 29.1 Å². The first-order chi connectivity index (χ1) is 7.11. The van der Waals surface area contributed by atoms with Crippen molar-refractivity contribution in [3.05, 3.63) is 40.2 Å². The number of benzene rings is 1. The summed E-state index contributed by atoms with van der Waals surface area (Å²) in [4.78, 5) is 24.7. The fraction of sp³-hybridized carbons (Fsp3) is 0. The van der Waals surface area contributed by atoms with Crippen LogP contribution in [0.3, 0.4) is 0 Å². The van der Waals surface area contributed by atoms with Crippen LogP contribution < -0.4 is 5.43 Å². The Labute approximate surface area is 83.6 Å². The molecule has 1 heterocycles. The van der Waals surface area contributed by atoms with Gasteiger partial charge in [-0.3, -0.25) is 4.79 Å². The number of H-pyrrole nitrogens is 1. The molecule has 2 rings (SSSR count). The molecule has 0 aliphatic carbocycles. The third-order valence-electron chi connectivity index (χ3n) is 2.10. The van der Waals surface area contributed by atoms with E-state index in [4.69, 9.17) is 5.11 Å². The van der Waals surface area contributed by atoms with E-state index >= 15 is 0 Å². The lowest BCUT2D eigenvalue weighted by molar-refractivity contribution is 0.0687. The second kappa shape index (κ2) is 3.13. The molecule has 1 aromatic carbocycles. The van der Waals surface area contributed by atoms with Gasteiger partial charge in [0.1, 0.15) is 0 Å². The second-order valence-electron chi connectivity index (χ2n) is 3.03. The van der Waals surface area contributed by atoms with Crippen LogP contribution in [0.4, 0.5) is 0 Å². The number of hydrogen-bond donors (Lipinski definition) is 3. The minimum Gasteiger partial charge on any atom is -0.502 e. The van der Waals surface area contributed by atoms with Crippen molar-refractivity contribution in [3.63, 3.8) is 0 Å². The van der Waals surface area contributed by atoms with E-state index in [1.807, 2.05) is 0 Å². The fourth-order valence-corrected chi connectivity index (χ4v) is 1.38. The molecule has 1 aromatic heterocycles. The number of aromatic amines is 1. The first kappa shape index (κ1) is 9.26. The molecule has 15 heavy (non-hydrogen) atoms. The van der Waals surface area contributed by atoms with Gasteiger partial charge in [0.25, 0.3) is 0 Å². The molecular formula is C10H7NO4. The highest BCUT2D eigenvalue weighted by Crippen LogP contribution is 2.15. The average molecular weight is 205 g/mol. The molecule has 0 aliphatic heterocycles. The van der Waals surface area contributed by atoms with E-state index in [1.54, 1.807) is 18.2 Å². The lowest BCUT2D eigenvalue weighted by atomic mass is 10.2. The zero-order chi connectivity index (χ0) is 11.0. The van der Waals surface area contributed by atoms with Crippen LogP contribution in [0.1, 0.15) is 10.5 Å². The molecule has 0 aliphatic rings. The van der Waals surface area contributed by atoms with E-state index in [0.717, 1.165) is 0 Å². The van der Waals surface area contributed by atoms with Gasteiger partial charge in [-0.05, 0) is 12.1 Å². The van der Waals surface area contributed by atoms with Crippen LogP contribution in [-0.4, -0.2) is 21.2 Å². The number of carbonyl (C=O) groups is 1. The summed E-state index contributed by atoms with van der Waals surface area (Å²) in [5.41, 5.74) is -0.779. The Morgan fingerprint density at radius 1 is 1.27 bits per heavy atom. The highest BCUT2D eigenvalue weighted by molar-refractivity contribution is 5.92. The number of hydrogen-bond acceptors (Lipinski definition) is 3. The normalized spacial score (nSPS) is 10.4. The lowest BCUT2D eigenvalue weighted by Crippen LogP contribution is -2.10. The molecule has 0 radical (unpaired) electrons. The van der Waals surface area contributed by atoms with Crippen molar-refractivity contribution < 1.29 is 15.0 Å². The first-order valence-electron chi connectivity index (χ1n) is 4.18. The van der Waals surface area contributed by atoms with Gasteiger partial charge < -0.3 is 15.2 Å². The van der Waals surface area contributed by atoms with Crippen molar-refractivity contribution in [2.75, 3.05) is 0 Å². The van der Waals surface area contributed by atoms with E-state index in [2.05, 4.69) is 4.98 Å². The van der Waals surface area contributed by atoms with Crippen LogP contribution in [0.2, 0.25) is 0 Å². The Morgan fingerprint density at radius 2 is 1.93 bits per heavy atom. The van der Waals surface area contributed by atoms with Crippen molar-refractivity contribution in [1.82, 2.24) is 4.98 Å². The van der Waals surface area contributed by atoms with Crippen LogP contribution >= 0.6 is 0 Å². The molecular weight excluding hydrogens is 198 g/mol. The SMILES string of the molecule is O=C(O)c1[nH]c2ccccc2c(=O)c1O. The van der Waals surface area contributed by atoms with Gasteiger partial charge in [-0.15, -0.1) is 0 Å². The summed E-state index contributed by atoms with van der Waals surface area (Å²) >= 11 is 0. The van der Waals surface area contributed by atoms with E-state index in [0.29, 0.717) is 5.52 Å². The average Bonchev–Trinajstić information content (AvgIpc) is 2.23. The van der Waals surface area contributed by atoms with Gasteiger partial charge in [-0.1, -0.05) is 12.1 Å². The molecule has 0 atom stereocenters. The smallest absolute Gasteiger partial charge is 0.356 e. The van der Waals surface area contributed by atoms with Crippen molar-refractivity contribution in [3.8, 4) is 5.75 Å². The summed E-state index contributed by atoms with van der Waals surface area (Å²) in [6, 6.07) is 6.39. The monoisotopic (exact) mass is 205 g/mol. The topological polar surface area (TPSA) is 90.4 Å². The van der Waals surface area contributed by atoms with E-state index in [-0.39, 0.29) is 5.39 Å². The maximum atomic E-state index is 11.5. The van der Waals surface area contributed by atoms with Gasteiger partial charge in [-0.2, -0.15) is 0 Å². The van der Waals surface area contributed by atoms with Crippen molar-refractivity contribution >= 4 is 16.9 Å². The number of fused-ring (bicyclic) bond motifs is 1. The molecule has 5 heteroatoms. The summed E-state index contributed by atoms with van der Waals surface area (Å²) in [6.07, 6.45) is 0. The molecule has 2 aromatic rings. The molecule has 0 bridgehead atoms. The Hall–Kier alpha value is -2.30. The standard InChI is InChI=1S/C10H7NO4/c12-8-5-3-1-2-4-6(5)11-7(9(8)13)10(14)15/h1-4,13H,(H,11,12)(H,14,15). The van der Waals surface area contributed by atoms with Crippen molar-refractivity contribution in [2.45, 2.75) is 0 Å². The van der Waals surface area contributed by atoms with Crippen molar-refractivity contribution in [2.24, 2.45) is 0 Å². The predicted molar refractivity (Wildman–Crippen MR) is 53.2 cm³/mol. The zero-order valence-corrected chi connectivity index (χ0v) is 7.52. The number of aromatic hydroxyl groups is 1. The molecule has 0 saturated carbocycles. The number of carboxylic acid groups (broad SMARTS) is 1. The maximum absolute atomic E-state index is 11.5. The Balaban J connectivity index is 2.95. The highest BCUT2D eigenvalue weighted by atomic mass is 16.4. The number of para-hydroxylation sites is 1. The van der Waals surface area contributed by atoms with Crippen LogP contribution in [0.5, 0.6) is 5.75 Å². The molecule has 0 spiro atoms. The molecule has 3 N–H and O–H groups in total. The molecule has 0 fully saturated rings. The van der Waals surface area contributed by atoms with Crippen LogP contribution in [-0.2, 0) is 0 Å². The van der Waals surface area contributed by atoms with E-state index in [1.165, 1.54) is 6.07 Å². The quantitative estimate of drug-likeness (QED) is 0.646. The van der Waals surface area contributed by atoms with Gasteiger partial charge in [-0.25, -0.2) is 4.79 Å². The first-order valence-corrected chi connectivity index (χ1v) is 4.18. The lowest BCUT2D eigenvalue weighted by Gasteiger charge is -2.02. The second-order valence-corrected chi connectivity index (χ2v) is 3.03. The minimum atomic E-state index is -1.37. The minimum absolute atomic E-state index is 0.264. The summed E-state index contributed by atoms with van der Waals surface area (Å²) in [5.74, 6) is -2.13. The van der Waals surface area contributed by atoms with E-state index < -0.39 is 22.8 Å². The number of carboxylic acids is 1. The van der Waals surface area contributed by atoms with Gasteiger partial charge in [0.15, 0.2) is 11.4 Å². The zero-order valence-electron chi connectivity index (χ0n) is 7.52. The Kier molecular flexibility index (Phi) is 1.93. The van der Waals surface area contributed by atoms with Crippen LogP contribution in [0.25, 0.3) is 10.9 Å². The molecule has 0 unspecified atom stereocenters. The predicted octanol–water partition coefficient (Wildman–Crippen LogP) is 0.932. The summed E-state index contributed by atoms with van der Waals surface area (Å²) < 4.78 is 0. The third kappa shape index (κ3) is 1.34. The fourth-order valence-electron chi connectivity index (χ4n) is 1.38. The third-order valence-corrected chi connectivity index (χ3v) is 2.10. The Bertz CT molecular complexity index is 600. The van der Waals surface area contributed by atoms with Gasteiger partial charge in [0.2, 0.25) is 5.43 Å². The number of nitrogens with one attached hydrogen (secondary N) is 1. The maximum Gasteiger partial charge on any atom is 0.356 e. The highest BCUT2D eigenvalue weighted by Gasteiger charge is 2.15. The van der Waals surface area contributed by atoms with Crippen LogP contribution in [0, 0.1) is 0 Å². The molecule has 76 valence electrons. The summed E-state index contributed by atoms with van der Waals surface area (Å²) in [6.45, 7) is 0. The summed E-state index contributed by atoms with van der Waals surface area (Å²) in [5, 5.41) is 18.3. The van der Waals surface area contributed by atoms with Crippen molar-refractivity contribution in [1.29, 1.82) is 0 Å². The molecule has 0 amide bonds. The van der Waals surface area contributed by atoms with Gasteiger partial charge in [0, 0.05) is 5.39 Å². The number of pyridine rings is 1.